The second-order valence-electron chi connectivity index (χ2n) is 6.82. The van der Waals surface area contributed by atoms with E-state index in [0.717, 1.165) is 0 Å². The molecule has 18 heavy (non-hydrogen) atoms. The number of rotatable bonds is 2. The van der Waals surface area contributed by atoms with Crippen LogP contribution in [0.1, 0.15) is 69.2 Å². The number of hydrogen-bond acceptors (Lipinski definition) is 1. The van der Waals surface area contributed by atoms with E-state index in [1.54, 1.807) is 5.56 Å². The van der Waals surface area contributed by atoms with E-state index in [-0.39, 0.29) is 0 Å². The molecule has 0 fully saturated rings. The normalized spacial score (nSPS) is 22.7. The van der Waals surface area contributed by atoms with Crippen molar-refractivity contribution in [2.24, 2.45) is 5.41 Å². The highest BCUT2D eigenvalue weighted by molar-refractivity contribution is 5.37. The molecule has 1 aromatic rings. The smallest absolute Gasteiger partial charge is 0.0325 e. The van der Waals surface area contributed by atoms with Crippen LogP contribution in [0.5, 0.6) is 0 Å². The molecule has 1 unspecified atom stereocenters. The summed E-state index contributed by atoms with van der Waals surface area (Å²) in [4.78, 5) is 0. The van der Waals surface area contributed by atoms with Crippen molar-refractivity contribution in [3.05, 3.63) is 34.9 Å². The molecule has 0 aliphatic heterocycles. The number of benzene rings is 1. The molecule has 0 saturated heterocycles. The van der Waals surface area contributed by atoms with Crippen molar-refractivity contribution >= 4 is 0 Å². The van der Waals surface area contributed by atoms with Crippen molar-refractivity contribution in [3.8, 4) is 0 Å². The zero-order chi connectivity index (χ0) is 13.3. The zero-order valence-electron chi connectivity index (χ0n) is 12.5. The van der Waals surface area contributed by atoms with Crippen LogP contribution in [-0.4, -0.2) is 7.05 Å². The average molecular weight is 245 g/mol. The lowest BCUT2D eigenvalue weighted by Crippen LogP contribution is -2.22. The second kappa shape index (κ2) is 5.05. The summed E-state index contributed by atoms with van der Waals surface area (Å²) < 4.78 is 0. The summed E-state index contributed by atoms with van der Waals surface area (Å²) in [5.41, 5.74) is 4.98. The topological polar surface area (TPSA) is 12.0 Å². The predicted octanol–water partition coefficient (Wildman–Crippen LogP) is 4.43. The van der Waals surface area contributed by atoms with Crippen LogP contribution in [0, 0.1) is 5.41 Å². The lowest BCUT2D eigenvalue weighted by molar-refractivity contribution is 0.279. The van der Waals surface area contributed by atoms with Crippen molar-refractivity contribution in [2.45, 2.75) is 58.9 Å². The summed E-state index contributed by atoms with van der Waals surface area (Å²) in [6, 6.07) is 7.62. The van der Waals surface area contributed by atoms with Gasteiger partial charge in [0.05, 0.1) is 0 Å². The molecule has 0 bridgehead atoms. The standard InChI is InChI=1S/C17H27N/c1-12(2)14-7-6-13-8-9-17(3,4)11-16(18-5)15(13)10-14/h6-7,10,12,16,18H,8-9,11H2,1-5H3. The van der Waals surface area contributed by atoms with Gasteiger partial charge in [-0.15, -0.1) is 0 Å². The molecule has 0 radical (unpaired) electrons. The number of hydrogen-bond donors (Lipinski definition) is 1. The first-order valence-electron chi connectivity index (χ1n) is 7.23. The quantitative estimate of drug-likeness (QED) is 0.760. The van der Waals surface area contributed by atoms with Gasteiger partial charge in [-0.2, -0.15) is 0 Å². The molecule has 2 rings (SSSR count). The minimum absolute atomic E-state index is 0.435. The molecule has 1 N–H and O–H groups in total. The van der Waals surface area contributed by atoms with E-state index < -0.39 is 0 Å². The Bertz CT molecular complexity index is 418. The van der Waals surface area contributed by atoms with Gasteiger partial charge in [-0.3, -0.25) is 0 Å². The van der Waals surface area contributed by atoms with Crippen molar-refractivity contribution in [2.75, 3.05) is 7.05 Å². The van der Waals surface area contributed by atoms with Gasteiger partial charge in [0, 0.05) is 6.04 Å². The van der Waals surface area contributed by atoms with Crippen LogP contribution in [0.2, 0.25) is 0 Å². The Hall–Kier alpha value is -0.820. The molecule has 0 aromatic heterocycles. The fourth-order valence-electron chi connectivity index (χ4n) is 3.02. The molecule has 0 heterocycles. The highest BCUT2D eigenvalue weighted by Gasteiger charge is 2.28. The molecule has 1 nitrogen and oxygen atoms in total. The van der Waals surface area contributed by atoms with Gasteiger partial charge in [0.15, 0.2) is 0 Å². The molecule has 1 atom stereocenters. The third kappa shape index (κ3) is 2.77. The maximum atomic E-state index is 3.52. The van der Waals surface area contributed by atoms with Crippen LogP contribution in [-0.2, 0) is 6.42 Å². The van der Waals surface area contributed by atoms with Gasteiger partial charge in [-0.1, -0.05) is 45.9 Å². The largest absolute Gasteiger partial charge is 0.313 e. The van der Waals surface area contributed by atoms with Gasteiger partial charge in [-0.05, 0) is 54.3 Å². The van der Waals surface area contributed by atoms with Crippen LogP contribution in [0.3, 0.4) is 0 Å². The monoisotopic (exact) mass is 245 g/mol. The molecule has 0 spiro atoms. The first kappa shape index (κ1) is 13.6. The van der Waals surface area contributed by atoms with Crippen LogP contribution in [0.4, 0.5) is 0 Å². The van der Waals surface area contributed by atoms with E-state index in [9.17, 15) is 0 Å². The van der Waals surface area contributed by atoms with E-state index in [1.807, 2.05) is 0 Å². The third-order valence-electron chi connectivity index (χ3n) is 4.39. The summed E-state index contributed by atoms with van der Waals surface area (Å²) in [7, 11) is 2.10. The predicted molar refractivity (Wildman–Crippen MR) is 79.1 cm³/mol. The summed E-state index contributed by atoms with van der Waals surface area (Å²) in [6.45, 7) is 9.34. The molecule has 1 aromatic carbocycles. The Labute approximate surface area is 112 Å². The number of fused-ring (bicyclic) bond motifs is 1. The van der Waals surface area contributed by atoms with Crippen LogP contribution in [0.15, 0.2) is 18.2 Å². The second-order valence-corrected chi connectivity index (χ2v) is 6.82. The Morgan fingerprint density at radius 2 is 2.00 bits per heavy atom. The summed E-state index contributed by atoms with van der Waals surface area (Å²) in [5.74, 6) is 0.615. The van der Waals surface area contributed by atoms with Gasteiger partial charge in [0.25, 0.3) is 0 Å². The van der Waals surface area contributed by atoms with Crippen LogP contribution in [0.25, 0.3) is 0 Å². The van der Waals surface area contributed by atoms with E-state index >= 15 is 0 Å². The van der Waals surface area contributed by atoms with E-state index in [4.69, 9.17) is 0 Å². The SMILES string of the molecule is CNC1CC(C)(C)CCc2ccc(C(C)C)cc21. The molecular formula is C17H27N. The Kier molecular flexibility index (Phi) is 3.82. The number of nitrogens with one attached hydrogen (secondary N) is 1. The molecule has 1 aliphatic carbocycles. The third-order valence-corrected chi connectivity index (χ3v) is 4.39. The molecule has 0 amide bonds. The average Bonchev–Trinajstić information content (AvgIpc) is 2.45. The molecule has 1 heteroatoms. The molecule has 0 saturated carbocycles. The Morgan fingerprint density at radius 1 is 1.28 bits per heavy atom. The maximum Gasteiger partial charge on any atom is 0.0325 e. The van der Waals surface area contributed by atoms with Crippen molar-refractivity contribution in [1.29, 1.82) is 0 Å². The minimum atomic E-state index is 0.435. The summed E-state index contributed by atoms with van der Waals surface area (Å²) >= 11 is 0. The van der Waals surface area contributed by atoms with Gasteiger partial charge in [0.2, 0.25) is 0 Å². The highest BCUT2D eigenvalue weighted by atomic mass is 14.9. The number of aryl methyl sites for hydroxylation is 1. The highest BCUT2D eigenvalue weighted by Crippen LogP contribution is 2.39. The minimum Gasteiger partial charge on any atom is -0.313 e. The van der Waals surface area contributed by atoms with Gasteiger partial charge < -0.3 is 5.32 Å². The fourth-order valence-corrected chi connectivity index (χ4v) is 3.02. The van der Waals surface area contributed by atoms with E-state index in [0.29, 0.717) is 17.4 Å². The van der Waals surface area contributed by atoms with Crippen molar-refractivity contribution in [3.63, 3.8) is 0 Å². The van der Waals surface area contributed by atoms with Gasteiger partial charge in [0.1, 0.15) is 0 Å². The summed E-state index contributed by atoms with van der Waals surface area (Å²) in [5, 5.41) is 3.52. The molecular weight excluding hydrogens is 218 g/mol. The van der Waals surface area contributed by atoms with E-state index in [1.165, 1.54) is 30.4 Å². The van der Waals surface area contributed by atoms with Crippen LogP contribution >= 0.6 is 0 Å². The van der Waals surface area contributed by atoms with Crippen molar-refractivity contribution < 1.29 is 0 Å². The van der Waals surface area contributed by atoms with Crippen LogP contribution < -0.4 is 5.32 Å². The van der Waals surface area contributed by atoms with Gasteiger partial charge >= 0.3 is 0 Å². The lowest BCUT2D eigenvalue weighted by Gasteiger charge is -2.27. The first-order valence-corrected chi connectivity index (χ1v) is 7.23. The van der Waals surface area contributed by atoms with Crippen molar-refractivity contribution in [1.82, 2.24) is 5.32 Å². The molecule has 100 valence electrons. The first-order chi connectivity index (χ1) is 8.43. The Balaban J connectivity index is 2.42. The maximum absolute atomic E-state index is 3.52. The Morgan fingerprint density at radius 3 is 2.61 bits per heavy atom. The fraction of sp³-hybridized carbons (Fsp3) is 0.647. The van der Waals surface area contributed by atoms with E-state index in [2.05, 4.69) is 58.3 Å². The lowest BCUT2D eigenvalue weighted by atomic mass is 9.83. The summed E-state index contributed by atoms with van der Waals surface area (Å²) in [6.07, 6.45) is 3.75. The van der Waals surface area contributed by atoms with Gasteiger partial charge in [-0.25, -0.2) is 0 Å². The zero-order valence-corrected chi connectivity index (χ0v) is 12.5. The molecule has 1 aliphatic rings.